The van der Waals surface area contributed by atoms with Gasteiger partial charge in [-0.2, -0.15) is 0 Å². The number of nitrogens with two attached hydrogens (primary N) is 1. The molecule has 1 aliphatic heterocycles. The maximum Gasteiger partial charge on any atom is 0.128 e. The summed E-state index contributed by atoms with van der Waals surface area (Å²) in [6.07, 6.45) is 2.07. The third-order valence-corrected chi connectivity index (χ3v) is 3.88. The molecule has 0 radical (unpaired) electrons. The van der Waals surface area contributed by atoms with Gasteiger partial charge in [-0.3, -0.25) is 0 Å². The van der Waals surface area contributed by atoms with Crippen LogP contribution < -0.4 is 11.1 Å². The number of benzene rings is 1. The van der Waals surface area contributed by atoms with Crippen molar-refractivity contribution in [3.63, 3.8) is 0 Å². The Morgan fingerprint density at radius 3 is 2.65 bits per heavy atom. The van der Waals surface area contributed by atoms with E-state index in [2.05, 4.69) is 27.9 Å². The molecule has 0 saturated carbocycles. The summed E-state index contributed by atoms with van der Waals surface area (Å²) in [6, 6.07) is 4.98. The third kappa shape index (κ3) is 3.77. The molecule has 0 amide bonds. The Labute approximate surface area is 121 Å². The molecular weight excluding hydrogens is 354 g/mol. The summed E-state index contributed by atoms with van der Waals surface area (Å²) in [6.45, 7) is 1.98. The van der Waals surface area contributed by atoms with Crippen molar-refractivity contribution in [3.8, 4) is 0 Å². The van der Waals surface area contributed by atoms with Crippen LogP contribution in [0.25, 0.3) is 0 Å². The van der Waals surface area contributed by atoms with Gasteiger partial charge in [0.25, 0.3) is 0 Å². The topological polar surface area (TPSA) is 38.0 Å². The highest BCUT2D eigenvalue weighted by Gasteiger charge is 2.23. The van der Waals surface area contributed by atoms with Crippen molar-refractivity contribution in [2.75, 3.05) is 13.1 Å². The van der Waals surface area contributed by atoms with E-state index in [0.29, 0.717) is 11.5 Å². The van der Waals surface area contributed by atoms with Gasteiger partial charge in [0.15, 0.2) is 0 Å². The van der Waals surface area contributed by atoms with E-state index in [1.54, 1.807) is 6.07 Å². The van der Waals surface area contributed by atoms with Gasteiger partial charge in [-0.25, -0.2) is 4.39 Å². The maximum atomic E-state index is 13.7. The van der Waals surface area contributed by atoms with E-state index in [-0.39, 0.29) is 24.3 Å². The molecule has 1 aromatic carbocycles. The summed E-state index contributed by atoms with van der Waals surface area (Å²) in [7, 11) is 0. The Bertz CT molecular complexity index is 370. The second-order valence-electron chi connectivity index (χ2n) is 4.28. The van der Waals surface area contributed by atoms with Crippen LogP contribution in [0.1, 0.15) is 24.4 Å². The first-order valence-electron chi connectivity index (χ1n) is 5.59. The lowest BCUT2D eigenvalue weighted by molar-refractivity contribution is 0.317. The smallest absolute Gasteiger partial charge is 0.128 e. The third-order valence-electron chi connectivity index (χ3n) is 3.21. The summed E-state index contributed by atoms with van der Waals surface area (Å²) in [5.41, 5.74) is 6.83. The number of hydrogen-bond acceptors (Lipinski definition) is 2. The van der Waals surface area contributed by atoms with Gasteiger partial charge in [-0.15, -0.1) is 12.4 Å². The van der Waals surface area contributed by atoms with E-state index in [1.807, 2.05) is 6.07 Å². The van der Waals surface area contributed by atoms with Crippen LogP contribution in [-0.2, 0) is 0 Å². The summed E-state index contributed by atoms with van der Waals surface area (Å²) >= 11 is 2.19. The monoisotopic (exact) mass is 370 g/mol. The number of hydrogen-bond donors (Lipinski definition) is 2. The highest BCUT2D eigenvalue weighted by molar-refractivity contribution is 14.1. The van der Waals surface area contributed by atoms with Crippen LogP contribution in [0.15, 0.2) is 18.2 Å². The number of halogens is 3. The van der Waals surface area contributed by atoms with Crippen molar-refractivity contribution in [1.29, 1.82) is 0 Å². The van der Waals surface area contributed by atoms with Crippen LogP contribution in [0.4, 0.5) is 4.39 Å². The quantitative estimate of drug-likeness (QED) is 0.786. The Morgan fingerprint density at radius 2 is 2.00 bits per heavy atom. The van der Waals surface area contributed by atoms with Crippen molar-refractivity contribution in [1.82, 2.24) is 5.32 Å². The normalized spacial score (nSPS) is 18.5. The minimum atomic E-state index is -0.175. The Hall–Kier alpha value is 0.0900. The van der Waals surface area contributed by atoms with Crippen molar-refractivity contribution in [3.05, 3.63) is 33.1 Å². The molecule has 0 bridgehead atoms. The molecule has 1 heterocycles. The van der Waals surface area contributed by atoms with Crippen LogP contribution in [0.3, 0.4) is 0 Å². The first-order chi connectivity index (χ1) is 7.68. The van der Waals surface area contributed by atoms with E-state index in [4.69, 9.17) is 5.73 Å². The predicted molar refractivity (Wildman–Crippen MR) is 78.9 cm³/mol. The maximum absolute atomic E-state index is 13.7. The first kappa shape index (κ1) is 15.1. The number of nitrogens with one attached hydrogen (secondary N) is 1. The molecule has 1 atom stereocenters. The molecule has 1 aromatic rings. The standard InChI is InChI=1S/C12H16FIN2.ClH/c13-11-2-1-9(14)7-10(11)12(15)8-3-5-16-6-4-8;/h1-2,7-8,12,16H,3-6,15H2;1H/t12-;/m1./s1. The van der Waals surface area contributed by atoms with Crippen molar-refractivity contribution < 1.29 is 4.39 Å². The molecule has 3 N–H and O–H groups in total. The highest BCUT2D eigenvalue weighted by Crippen LogP contribution is 2.29. The summed E-state index contributed by atoms with van der Waals surface area (Å²) < 4.78 is 14.7. The number of piperidine rings is 1. The average molecular weight is 371 g/mol. The van der Waals surface area contributed by atoms with Gasteiger partial charge in [0.2, 0.25) is 0 Å². The summed E-state index contributed by atoms with van der Waals surface area (Å²) in [5, 5.41) is 3.30. The zero-order valence-corrected chi connectivity index (χ0v) is 12.4. The molecule has 2 rings (SSSR count). The van der Waals surface area contributed by atoms with Gasteiger partial charge >= 0.3 is 0 Å². The summed E-state index contributed by atoms with van der Waals surface area (Å²) in [5.74, 6) is 0.223. The van der Waals surface area contributed by atoms with Crippen LogP contribution >= 0.6 is 35.0 Å². The Morgan fingerprint density at radius 1 is 1.35 bits per heavy atom. The first-order valence-corrected chi connectivity index (χ1v) is 6.67. The minimum Gasteiger partial charge on any atom is -0.324 e. The van der Waals surface area contributed by atoms with Gasteiger partial charge in [-0.1, -0.05) is 0 Å². The Kier molecular flexibility index (Phi) is 6.12. The lowest BCUT2D eigenvalue weighted by Crippen LogP contribution is -2.34. The Balaban J connectivity index is 0.00000144. The second kappa shape index (κ2) is 6.87. The van der Waals surface area contributed by atoms with Gasteiger partial charge in [0.1, 0.15) is 5.82 Å². The zero-order valence-electron chi connectivity index (χ0n) is 9.46. The molecule has 2 nitrogen and oxygen atoms in total. The molecule has 0 aromatic heterocycles. The highest BCUT2D eigenvalue weighted by atomic mass is 127. The molecule has 5 heteroatoms. The number of rotatable bonds is 2. The molecule has 0 spiro atoms. The molecular formula is C12H17ClFIN2. The summed E-state index contributed by atoms with van der Waals surface area (Å²) in [4.78, 5) is 0. The fourth-order valence-electron chi connectivity index (χ4n) is 2.23. The molecule has 17 heavy (non-hydrogen) atoms. The van der Waals surface area contributed by atoms with E-state index in [9.17, 15) is 4.39 Å². The van der Waals surface area contributed by atoms with Crippen LogP contribution in [-0.4, -0.2) is 13.1 Å². The molecule has 1 aliphatic rings. The fourth-order valence-corrected chi connectivity index (χ4v) is 2.74. The lowest BCUT2D eigenvalue weighted by Gasteiger charge is -2.28. The zero-order chi connectivity index (χ0) is 11.5. The van der Waals surface area contributed by atoms with Gasteiger partial charge in [0, 0.05) is 15.2 Å². The van der Waals surface area contributed by atoms with E-state index < -0.39 is 0 Å². The predicted octanol–water partition coefficient (Wildman–Crippen LogP) is 2.85. The van der Waals surface area contributed by atoms with Crippen molar-refractivity contribution in [2.24, 2.45) is 11.7 Å². The molecule has 1 saturated heterocycles. The van der Waals surface area contributed by atoms with Crippen molar-refractivity contribution in [2.45, 2.75) is 18.9 Å². The van der Waals surface area contributed by atoms with Crippen LogP contribution in [0.5, 0.6) is 0 Å². The second-order valence-corrected chi connectivity index (χ2v) is 5.52. The SMILES string of the molecule is Cl.N[C@@H](c1cc(I)ccc1F)C1CCNCC1. The molecule has 1 fully saturated rings. The largest absolute Gasteiger partial charge is 0.324 e. The van der Waals surface area contributed by atoms with Crippen molar-refractivity contribution >= 4 is 35.0 Å². The van der Waals surface area contributed by atoms with Crippen LogP contribution in [0.2, 0.25) is 0 Å². The van der Waals surface area contributed by atoms with E-state index in [1.165, 1.54) is 6.07 Å². The van der Waals surface area contributed by atoms with Gasteiger partial charge in [0.05, 0.1) is 0 Å². The van der Waals surface area contributed by atoms with Gasteiger partial charge < -0.3 is 11.1 Å². The van der Waals surface area contributed by atoms with Gasteiger partial charge in [-0.05, 0) is 72.6 Å². The van der Waals surface area contributed by atoms with E-state index >= 15 is 0 Å². The molecule has 96 valence electrons. The van der Waals surface area contributed by atoms with Crippen LogP contribution in [0, 0.1) is 15.3 Å². The average Bonchev–Trinajstić information content (AvgIpc) is 2.32. The molecule has 0 aliphatic carbocycles. The minimum absolute atomic E-state index is 0. The fraction of sp³-hybridized carbons (Fsp3) is 0.500. The van der Waals surface area contributed by atoms with E-state index in [0.717, 1.165) is 29.5 Å². The lowest BCUT2D eigenvalue weighted by atomic mass is 9.86. The molecule has 0 unspecified atom stereocenters.